The summed E-state index contributed by atoms with van der Waals surface area (Å²) in [6.07, 6.45) is 0. The highest BCUT2D eigenvalue weighted by molar-refractivity contribution is 5.86. The lowest BCUT2D eigenvalue weighted by Gasteiger charge is -2.07. The first-order chi connectivity index (χ1) is 11.3. The van der Waals surface area contributed by atoms with Gasteiger partial charge < -0.3 is 19.6 Å². The van der Waals surface area contributed by atoms with E-state index in [-0.39, 0.29) is 6.61 Å². The summed E-state index contributed by atoms with van der Waals surface area (Å²) in [7, 11) is 0. The number of hydrogen-bond donors (Lipinski definition) is 2. The van der Waals surface area contributed by atoms with Gasteiger partial charge in [-0.3, -0.25) is 0 Å². The number of ether oxygens (including phenoxy) is 2. The maximum absolute atomic E-state index is 8.62. The Morgan fingerprint density at radius 2 is 1.78 bits per heavy atom. The predicted molar refractivity (Wildman–Crippen MR) is 91.9 cm³/mol. The number of aryl methyl sites for hydroxylation is 1. The molecule has 2 aromatic carbocycles. The average Bonchev–Trinajstić information content (AvgIpc) is 2.98. The Bertz CT molecular complexity index is 762. The summed E-state index contributed by atoms with van der Waals surface area (Å²) in [6, 6.07) is 16.6. The van der Waals surface area contributed by atoms with E-state index in [1.165, 1.54) is 10.9 Å². The number of aliphatic hydroxyl groups is 1. The van der Waals surface area contributed by atoms with Crippen LogP contribution in [-0.2, 0) is 4.74 Å². The molecule has 1 heterocycles. The van der Waals surface area contributed by atoms with Crippen molar-refractivity contribution in [1.29, 1.82) is 0 Å². The number of aliphatic hydroxyl groups excluding tert-OH is 1. The normalized spacial score (nSPS) is 11.0. The first-order valence-electron chi connectivity index (χ1n) is 7.77. The molecule has 3 aromatic rings. The zero-order chi connectivity index (χ0) is 16.1. The quantitative estimate of drug-likeness (QED) is 0.656. The topological polar surface area (TPSA) is 54.5 Å². The summed E-state index contributed by atoms with van der Waals surface area (Å²) in [4.78, 5) is 3.45. The fourth-order valence-corrected chi connectivity index (χ4v) is 2.51. The monoisotopic (exact) mass is 311 g/mol. The van der Waals surface area contributed by atoms with Crippen LogP contribution in [0.25, 0.3) is 22.2 Å². The highest BCUT2D eigenvalue weighted by Crippen LogP contribution is 2.26. The summed E-state index contributed by atoms with van der Waals surface area (Å²) in [5, 5.41) is 9.83. The molecule has 0 unspecified atom stereocenters. The molecule has 2 N–H and O–H groups in total. The Hall–Kier alpha value is -2.30. The van der Waals surface area contributed by atoms with Crippen LogP contribution >= 0.6 is 0 Å². The molecule has 0 aliphatic heterocycles. The maximum Gasteiger partial charge on any atom is 0.119 e. The van der Waals surface area contributed by atoms with Crippen molar-refractivity contribution in [2.24, 2.45) is 0 Å². The van der Waals surface area contributed by atoms with Gasteiger partial charge in [0.25, 0.3) is 0 Å². The molecule has 0 amide bonds. The third-order valence-electron chi connectivity index (χ3n) is 3.68. The van der Waals surface area contributed by atoms with Crippen LogP contribution in [0.4, 0.5) is 0 Å². The van der Waals surface area contributed by atoms with Crippen molar-refractivity contribution in [3.8, 4) is 17.0 Å². The second-order valence-electron chi connectivity index (χ2n) is 5.48. The highest BCUT2D eigenvalue weighted by Gasteiger charge is 2.04. The van der Waals surface area contributed by atoms with Gasteiger partial charge >= 0.3 is 0 Å². The Balaban J connectivity index is 1.66. The van der Waals surface area contributed by atoms with E-state index >= 15 is 0 Å². The molecule has 0 atom stereocenters. The van der Waals surface area contributed by atoms with Crippen LogP contribution in [0, 0.1) is 6.92 Å². The van der Waals surface area contributed by atoms with Gasteiger partial charge in [0, 0.05) is 16.6 Å². The Kier molecular flexibility index (Phi) is 4.95. The van der Waals surface area contributed by atoms with Crippen molar-refractivity contribution in [3.05, 3.63) is 54.1 Å². The molecule has 4 heteroatoms. The number of aromatic nitrogens is 1. The van der Waals surface area contributed by atoms with Crippen LogP contribution < -0.4 is 4.74 Å². The number of benzene rings is 2. The molecule has 0 bridgehead atoms. The molecule has 0 aliphatic rings. The largest absolute Gasteiger partial charge is 0.491 e. The predicted octanol–water partition coefficient (Wildman–Crippen LogP) is 3.53. The van der Waals surface area contributed by atoms with Gasteiger partial charge in [0.05, 0.1) is 19.8 Å². The minimum absolute atomic E-state index is 0.0404. The molecule has 1 aromatic heterocycles. The van der Waals surface area contributed by atoms with Crippen LogP contribution in [0.15, 0.2) is 48.5 Å². The smallest absolute Gasteiger partial charge is 0.119 e. The lowest BCUT2D eigenvalue weighted by atomic mass is 10.1. The minimum atomic E-state index is 0.0404. The van der Waals surface area contributed by atoms with E-state index < -0.39 is 0 Å². The fourth-order valence-electron chi connectivity index (χ4n) is 2.51. The molecule has 0 aliphatic carbocycles. The van der Waals surface area contributed by atoms with E-state index in [1.807, 2.05) is 24.3 Å². The molecule has 120 valence electrons. The zero-order valence-electron chi connectivity index (χ0n) is 13.2. The summed E-state index contributed by atoms with van der Waals surface area (Å²) in [5.41, 5.74) is 4.63. The Morgan fingerprint density at radius 3 is 2.57 bits per heavy atom. The molecular formula is C19H21NO3. The molecule has 0 saturated heterocycles. The van der Waals surface area contributed by atoms with E-state index in [1.54, 1.807) is 0 Å². The van der Waals surface area contributed by atoms with Crippen LogP contribution in [0.2, 0.25) is 0 Å². The van der Waals surface area contributed by atoms with Gasteiger partial charge in [-0.2, -0.15) is 0 Å². The van der Waals surface area contributed by atoms with Crippen molar-refractivity contribution in [2.45, 2.75) is 6.92 Å². The van der Waals surface area contributed by atoms with Gasteiger partial charge in [-0.15, -0.1) is 0 Å². The van der Waals surface area contributed by atoms with Crippen molar-refractivity contribution in [2.75, 3.05) is 26.4 Å². The molecule has 0 spiro atoms. The minimum Gasteiger partial charge on any atom is -0.491 e. The first-order valence-corrected chi connectivity index (χ1v) is 7.77. The third kappa shape index (κ3) is 3.92. The fraction of sp³-hybridized carbons (Fsp3) is 0.263. The molecule has 0 saturated carbocycles. The van der Waals surface area contributed by atoms with E-state index in [0.29, 0.717) is 19.8 Å². The number of H-pyrrole nitrogens is 1. The zero-order valence-corrected chi connectivity index (χ0v) is 13.2. The Labute approximate surface area is 135 Å². The van der Waals surface area contributed by atoms with Gasteiger partial charge in [0.1, 0.15) is 12.4 Å². The molecular weight excluding hydrogens is 290 g/mol. The first kappa shape index (κ1) is 15.6. The molecule has 0 fully saturated rings. The number of hydrogen-bond acceptors (Lipinski definition) is 3. The van der Waals surface area contributed by atoms with Crippen molar-refractivity contribution in [1.82, 2.24) is 4.98 Å². The van der Waals surface area contributed by atoms with Gasteiger partial charge in [0.2, 0.25) is 0 Å². The Morgan fingerprint density at radius 1 is 0.957 bits per heavy atom. The number of aromatic amines is 1. The van der Waals surface area contributed by atoms with E-state index in [0.717, 1.165) is 22.5 Å². The second kappa shape index (κ2) is 7.31. The number of fused-ring (bicyclic) bond motifs is 1. The summed E-state index contributed by atoms with van der Waals surface area (Å²) in [5.74, 6) is 0.813. The molecule has 4 nitrogen and oxygen atoms in total. The molecule has 23 heavy (non-hydrogen) atoms. The number of rotatable bonds is 7. The van der Waals surface area contributed by atoms with Crippen LogP contribution in [0.5, 0.6) is 5.75 Å². The summed E-state index contributed by atoms with van der Waals surface area (Å²) < 4.78 is 10.8. The maximum atomic E-state index is 8.62. The SMILES string of the molecule is Cc1ccc2cc(-c3ccc(OCCOCCO)cc3)[nH]c2c1. The van der Waals surface area contributed by atoms with E-state index in [9.17, 15) is 0 Å². The van der Waals surface area contributed by atoms with Crippen LogP contribution in [-0.4, -0.2) is 36.5 Å². The van der Waals surface area contributed by atoms with Crippen molar-refractivity contribution < 1.29 is 14.6 Å². The third-order valence-corrected chi connectivity index (χ3v) is 3.68. The number of nitrogens with one attached hydrogen (secondary N) is 1. The van der Waals surface area contributed by atoms with E-state index in [4.69, 9.17) is 14.6 Å². The lowest BCUT2D eigenvalue weighted by molar-refractivity contribution is 0.0705. The van der Waals surface area contributed by atoms with Gasteiger partial charge in [0.15, 0.2) is 0 Å². The van der Waals surface area contributed by atoms with Crippen molar-refractivity contribution >= 4 is 10.9 Å². The standard InChI is InChI=1S/C19H21NO3/c1-14-2-3-16-13-19(20-18(16)12-14)15-4-6-17(7-5-15)23-11-10-22-9-8-21/h2-7,12-13,20-21H,8-11H2,1H3. The average molecular weight is 311 g/mol. The van der Waals surface area contributed by atoms with E-state index in [2.05, 4.69) is 36.2 Å². The molecule has 0 radical (unpaired) electrons. The van der Waals surface area contributed by atoms with Crippen LogP contribution in [0.3, 0.4) is 0 Å². The summed E-state index contributed by atoms with van der Waals surface area (Å²) >= 11 is 0. The lowest BCUT2D eigenvalue weighted by Crippen LogP contribution is -2.08. The van der Waals surface area contributed by atoms with Crippen molar-refractivity contribution in [3.63, 3.8) is 0 Å². The second-order valence-corrected chi connectivity index (χ2v) is 5.48. The van der Waals surface area contributed by atoms with Gasteiger partial charge in [-0.1, -0.05) is 12.1 Å². The summed E-state index contributed by atoms with van der Waals surface area (Å²) in [6.45, 7) is 3.44. The molecule has 3 rings (SSSR count). The van der Waals surface area contributed by atoms with Gasteiger partial charge in [-0.25, -0.2) is 0 Å². The highest BCUT2D eigenvalue weighted by atomic mass is 16.5. The van der Waals surface area contributed by atoms with Crippen LogP contribution in [0.1, 0.15) is 5.56 Å². The van der Waals surface area contributed by atoms with Gasteiger partial charge in [-0.05, 0) is 54.4 Å².